The molecule has 1 unspecified atom stereocenters. The van der Waals surface area contributed by atoms with Crippen LogP contribution in [-0.2, 0) is 23.9 Å². The van der Waals surface area contributed by atoms with E-state index >= 15 is 0 Å². The van der Waals surface area contributed by atoms with Crippen LogP contribution in [0, 0.1) is 35.5 Å². The molecule has 5 atom stereocenters. The summed E-state index contributed by atoms with van der Waals surface area (Å²) in [7, 11) is 1.32. The molecular formula is C55H74N4O6. The number of aliphatic hydroxyl groups excluding tert-OH is 1. The van der Waals surface area contributed by atoms with Gasteiger partial charge in [-0.3, -0.25) is 14.4 Å². The lowest BCUT2D eigenvalue weighted by Gasteiger charge is -2.20. The fourth-order valence-electron chi connectivity index (χ4n) is 10.4. The Morgan fingerprint density at radius 1 is 0.831 bits per heavy atom. The second-order valence-electron chi connectivity index (χ2n) is 19.8. The standard InChI is InChI=1S/C55H74N4O6/c1-13-39-34(7)41-29-46-48(38(11)60)36(9)43(57-46)27-42-35(8)40(52(58-42)50-51(55(63)64-12)54(62)49-37(10)44(59-53(49)50)28-45(39)56-41)23-24-47(61)65-26-25-33(6)22-16-21-32(5)20-15-19-31(4)18-14-17-30(2)3/h25,27-32,35,40,51,58,62H,13-24,26H2,1-12H3/b33-25+,42-27?,45-28?,46-29?,52-50?/t31-,32-,35+,40+,51?/m1/s1. The average Bonchev–Trinajstić information content (AvgIpc) is 4.00. The summed E-state index contributed by atoms with van der Waals surface area (Å²) >= 11 is 0. The number of hydrogen-bond acceptors (Lipinski definition) is 10. The van der Waals surface area contributed by atoms with E-state index in [0.29, 0.717) is 57.6 Å². The first kappa shape index (κ1) is 49.3. The predicted molar refractivity (Wildman–Crippen MR) is 262 cm³/mol. The van der Waals surface area contributed by atoms with Gasteiger partial charge in [0.1, 0.15) is 18.3 Å². The molecule has 6 aliphatic rings. The average molecular weight is 887 g/mol. The number of ketones is 1. The van der Waals surface area contributed by atoms with Crippen LogP contribution in [0.15, 0.2) is 118 Å². The number of Topliss-reactive ketones (excluding diaryl/α,β-unsaturated/α-hetero) is 1. The highest BCUT2D eigenvalue weighted by molar-refractivity contribution is 6.24. The topological polar surface area (TPSA) is 139 Å². The first-order valence-electron chi connectivity index (χ1n) is 24.3. The minimum absolute atomic E-state index is 0.0883. The molecule has 1 fully saturated rings. The fourth-order valence-corrected chi connectivity index (χ4v) is 10.4. The van der Waals surface area contributed by atoms with E-state index in [4.69, 9.17) is 24.5 Å². The smallest absolute Gasteiger partial charge is 0.321 e. The van der Waals surface area contributed by atoms with Crippen molar-refractivity contribution < 1.29 is 29.0 Å². The third-order valence-corrected chi connectivity index (χ3v) is 14.4. The van der Waals surface area contributed by atoms with Crippen molar-refractivity contribution in [3.63, 3.8) is 0 Å². The van der Waals surface area contributed by atoms with Gasteiger partial charge in [-0.25, -0.2) is 15.0 Å². The van der Waals surface area contributed by atoms with Gasteiger partial charge in [-0.15, -0.1) is 0 Å². The second kappa shape index (κ2) is 21.5. The minimum atomic E-state index is -1.11. The van der Waals surface area contributed by atoms with Crippen molar-refractivity contribution in [2.24, 2.45) is 50.5 Å². The number of methoxy groups -OCH3 is 1. The van der Waals surface area contributed by atoms with E-state index in [1.807, 2.05) is 45.1 Å². The molecule has 2 N–H and O–H groups in total. The van der Waals surface area contributed by atoms with Crippen LogP contribution in [0.25, 0.3) is 0 Å². The quantitative estimate of drug-likeness (QED) is 0.0916. The van der Waals surface area contributed by atoms with Crippen LogP contribution in [0.1, 0.15) is 153 Å². The maximum Gasteiger partial charge on any atom is 0.321 e. The second-order valence-corrected chi connectivity index (χ2v) is 19.8. The Labute approximate surface area is 388 Å². The highest BCUT2D eigenvalue weighted by Crippen LogP contribution is 2.49. The lowest BCUT2D eigenvalue weighted by Crippen LogP contribution is -2.25. The molecule has 65 heavy (non-hydrogen) atoms. The van der Waals surface area contributed by atoms with Crippen LogP contribution in [0.5, 0.6) is 0 Å². The van der Waals surface area contributed by atoms with Gasteiger partial charge in [0.2, 0.25) is 0 Å². The van der Waals surface area contributed by atoms with Crippen LogP contribution < -0.4 is 5.32 Å². The molecule has 10 heteroatoms. The molecule has 0 aromatic carbocycles. The molecular weight excluding hydrogens is 813 g/mol. The summed E-state index contributed by atoms with van der Waals surface area (Å²) in [6.07, 6.45) is 20.3. The van der Waals surface area contributed by atoms with Crippen molar-refractivity contribution >= 4 is 34.9 Å². The zero-order chi connectivity index (χ0) is 47.3. The molecule has 0 amide bonds. The molecule has 350 valence electrons. The fraction of sp³-hybridized carbons (Fsp3) is 0.564. The van der Waals surface area contributed by atoms with E-state index in [2.05, 4.69) is 53.8 Å². The Balaban J connectivity index is 1.21. The summed E-state index contributed by atoms with van der Waals surface area (Å²) in [5.41, 5.74) is 11.7. The van der Waals surface area contributed by atoms with Crippen molar-refractivity contribution in [2.45, 2.75) is 153 Å². The van der Waals surface area contributed by atoms with Gasteiger partial charge in [0.15, 0.2) is 5.78 Å². The molecule has 5 heterocycles. The Morgan fingerprint density at radius 2 is 1.48 bits per heavy atom. The molecule has 0 spiro atoms. The van der Waals surface area contributed by atoms with Gasteiger partial charge in [-0.1, -0.05) is 92.1 Å². The molecule has 6 rings (SSSR count). The van der Waals surface area contributed by atoms with E-state index in [0.717, 1.165) is 70.5 Å². The Bertz CT molecular complexity index is 2350. The Hall–Kier alpha value is -5.12. The highest BCUT2D eigenvalue weighted by Gasteiger charge is 2.49. The molecule has 5 aliphatic heterocycles. The minimum Gasteiger partial charge on any atom is -0.510 e. The number of carbonyl (C=O) groups excluding carboxylic acids is 3. The third kappa shape index (κ3) is 11.0. The van der Waals surface area contributed by atoms with Crippen LogP contribution in [0.2, 0.25) is 0 Å². The van der Waals surface area contributed by atoms with E-state index in [-0.39, 0.29) is 42.4 Å². The van der Waals surface area contributed by atoms with Crippen molar-refractivity contribution in [3.05, 3.63) is 103 Å². The third-order valence-electron chi connectivity index (χ3n) is 14.4. The molecule has 0 radical (unpaired) electrons. The Morgan fingerprint density at radius 3 is 2.12 bits per heavy atom. The summed E-state index contributed by atoms with van der Waals surface area (Å²) in [5.74, 6) is -0.366. The van der Waals surface area contributed by atoms with Crippen molar-refractivity contribution in [1.29, 1.82) is 0 Å². The molecule has 1 aliphatic carbocycles. The van der Waals surface area contributed by atoms with Gasteiger partial charge < -0.3 is 19.9 Å². The SMILES string of the molecule is CCC1=C(C)C2=NC1=CC1=C(C)C3=C(O)C(C(=O)OC)C(=C4NC(=CC5=NC(=C2)C(C(C)=O)=C5C)[C@@H](C)[C@@H]4CCC(=O)OC/C=C(\C)CCC[C@H](C)CCC[C@H](C)CCCC(C)C)C3=N1. The lowest BCUT2D eigenvalue weighted by molar-refractivity contribution is -0.144. The maximum atomic E-state index is 13.6. The van der Waals surface area contributed by atoms with Gasteiger partial charge in [-0.2, -0.15) is 0 Å². The number of aliphatic hydroxyl groups is 1. The first-order chi connectivity index (χ1) is 30.9. The van der Waals surface area contributed by atoms with Crippen molar-refractivity contribution in [3.8, 4) is 0 Å². The molecule has 0 aromatic heterocycles. The molecule has 1 saturated heterocycles. The van der Waals surface area contributed by atoms with Gasteiger partial charge in [0.25, 0.3) is 0 Å². The summed E-state index contributed by atoms with van der Waals surface area (Å²) in [6.45, 7) is 23.3. The largest absolute Gasteiger partial charge is 0.510 e. The predicted octanol–water partition coefficient (Wildman–Crippen LogP) is 12.4. The first-order valence-corrected chi connectivity index (χ1v) is 24.3. The number of fused-ring (bicyclic) bond motifs is 5. The normalized spacial score (nSPS) is 22.6. The van der Waals surface area contributed by atoms with Crippen LogP contribution in [0.3, 0.4) is 0 Å². The Kier molecular flexibility index (Phi) is 16.3. The van der Waals surface area contributed by atoms with Crippen LogP contribution >= 0.6 is 0 Å². The lowest BCUT2D eigenvalue weighted by atomic mass is 9.84. The van der Waals surface area contributed by atoms with Gasteiger partial charge >= 0.3 is 11.9 Å². The number of ether oxygens (including phenoxy) is 2. The summed E-state index contributed by atoms with van der Waals surface area (Å²) in [6, 6.07) is 0. The zero-order valence-corrected chi connectivity index (χ0v) is 41.3. The number of nitrogens with one attached hydrogen (secondary N) is 1. The molecule has 8 bridgehead atoms. The van der Waals surface area contributed by atoms with E-state index < -0.39 is 11.9 Å². The number of nitrogens with zero attached hydrogens (tertiary/aromatic N) is 3. The van der Waals surface area contributed by atoms with E-state index in [1.54, 1.807) is 6.92 Å². The van der Waals surface area contributed by atoms with Gasteiger partial charge in [-0.05, 0) is 125 Å². The molecule has 0 saturated carbocycles. The monoisotopic (exact) mass is 887 g/mol. The zero-order valence-electron chi connectivity index (χ0n) is 41.3. The van der Waals surface area contributed by atoms with Crippen molar-refractivity contribution in [2.75, 3.05) is 13.7 Å². The van der Waals surface area contributed by atoms with Crippen LogP contribution in [-0.4, -0.2) is 53.7 Å². The number of hydrogen-bond donors (Lipinski definition) is 2. The summed E-state index contributed by atoms with van der Waals surface area (Å²) in [4.78, 5) is 55.5. The maximum absolute atomic E-state index is 13.6. The highest BCUT2D eigenvalue weighted by atomic mass is 16.5. The number of aliphatic imine (C=N–C) groups is 3. The van der Waals surface area contributed by atoms with E-state index in [1.165, 1.54) is 57.6 Å². The summed E-state index contributed by atoms with van der Waals surface area (Å²) < 4.78 is 11.1. The van der Waals surface area contributed by atoms with E-state index in [9.17, 15) is 19.5 Å². The molecule has 10 nitrogen and oxygen atoms in total. The number of esters is 2. The number of carbonyl (C=O) groups is 3. The number of allylic oxidation sites excluding steroid dienone is 12. The van der Waals surface area contributed by atoms with Gasteiger partial charge in [0, 0.05) is 46.4 Å². The summed E-state index contributed by atoms with van der Waals surface area (Å²) in [5, 5.41) is 15.6. The number of rotatable bonds is 20. The van der Waals surface area contributed by atoms with Crippen molar-refractivity contribution in [1.82, 2.24) is 5.32 Å². The van der Waals surface area contributed by atoms with Crippen LogP contribution in [0.4, 0.5) is 0 Å². The van der Waals surface area contributed by atoms with Gasteiger partial charge in [0.05, 0.1) is 41.3 Å². The molecule has 0 aromatic rings.